The molecule has 0 bridgehead atoms. The van der Waals surface area contributed by atoms with Crippen molar-refractivity contribution in [3.63, 3.8) is 0 Å². The summed E-state index contributed by atoms with van der Waals surface area (Å²) in [6.07, 6.45) is 2.95. The van der Waals surface area contributed by atoms with Gasteiger partial charge in [-0.3, -0.25) is 18.9 Å². The molecule has 2 aromatic carbocycles. The first-order valence-electron chi connectivity index (χ1n) is 8.97. The van der Waals surface area contributed by atoms with E-state index in [1.165, 1.54) is 37.6 Å². The lowest BCUT2D eigenvalue weighted by Crippen LogP contribution is -2.32. The van der Waals surface area contributed by atoms with Crippen molar-refractivity contribution < 1.29 is 18.0 Å². The molecule has 0 fully saturated rings. The normalized spacial score (nSPS) is 11.0. The summed E-state index contributed by atoms with van der Waals surface area (Å²) in [7, 11) is -2.61. The number of benzene rings is 2. The Morgan fingerprint density at radius 2 is 1.73 bits per heavy atom. The first kappa shape index (κ1) is 21.0. The van der Waals surface area contributed by atoms with Crippen LogP contribution >= 0.6 is 0 Å². The second-order valence-electron chi connectivity index (χ2n) is 6.36. The summed E-state index contributed by atoms with van der Waals surface area (Å²) in [5.41, 5.74) is 6.72. The van der Waals surface area contributed by atoms with Gasteiger partial charge in [-0.1, -0.05) is 24.3 Å². The van der Waals surface area contributed by atoms with E-state index in [2.05, 4.69) is 10.3 Å². The molecule has 1 heterocycles. The highest BCUT2D eigenvalue weighted by Crippen LogP contribution is 2.27. The molecule has 3 N–H and O–H groups in total. The molecule has 8 nitrogen and oxygen atoms in total. The fraction of sp³-hybridized carbons (Fsp3) is 0.0952. The third kappa shape index (κ3) is 4.31. The van der Waals surface area contributed by atoms with Gasteiger partial charge in [-0.15, -0.1) is 0 Å². The number of sulfonamides is 1. The van der Waals surface area contributed by atoms with E-state index >= 15 is 0 Å². The molecule has 154 valence electrons. The first-order valence-corrected chi connectivity index (χ1v) is 10.4. The van der Waals surface area contributed by atoms with Gasteiger partial charge in [0.1, 0.15) is 4.90 Å². The molecule has 3 aromatic rings. The first-order chi connectivity index (χ1) is 14.3. The number of pyridine rings is 1. The zero-order chi connectivity index (χ0) is 21.7. The summed E-state index contributed by atoms with van der Waals surface area (Å²) < 4.78 is 28.2. The molecule has 3 rings (SSSR count). The Hall–Kier alpha value is -3.72. The average Bonchev–Trinajstić information content (AvgIpc) is 2.77. The van der Waals surface area contributed by atoms with Crippen LogP contribution in [0.3, 0.4) is 0 Å². The molecule has 2 amide bonds. The number of nitrogens with two attached hydrogens (primary N) is 1. The van der Waals surface area contributed by atoms with Gasteiger partial charge >= 0.3 is 0 Å². The van der Waals surface area contributed by atoms with Crippen LogP contribution in [-0.4, -0.2) is 32.3 Å². The minimum Gasteiger partial charge on any atom is -0.366 e. The number of amides is 2. The number of carbonyl (C=O) groups excluding carboxylic acids is 2. The lowest BCUT2D eigenvalue weighted by Gasteiger charge is -2.25. The van der Waals surface area contributed by atoms with Crippen molar-refractivity contribution in [1.29, 1.82) is 0 Å². The maximum Gasteiger partial charge on any atom is 0.265 e. The van der Waals surface area contributed by atoms with E-state index < -0.39 is 15.9 Å². The maximum absolute atomic E-state index is 13.5. The van der Waals surface area contributed by atoms with E-state index in [1.807, 2.05) is 0 Å². The van der Waals surface area contributed by atoms with Crippen molar-refractivity contribution in [2.75, 3.05) is 11.4 Å². The quantitative estimate of drug-likeness (QED) is 0.600. The minimum atomic E-state index is -4.15. The van der Waals surface area contributed by atoms with Crippen LogP contribution < -0.4 is 15.4 Å². The molecule has 30 heavy (non-hydrogen) atoms. The fourth-order valence-electron chi connectivity index (χ4n) is 2.90. The predicted octanol–water partition coefficient (Wildman–Crippen LogP) is 1.94. The van der Waals surface area contributed by atoms with Crippen LogP contribution in [0.1, 0.15) is 26.3 Å². The number of primary amides is 1. The van der Waals surface area contributed by atoms with Gasteiger partial charge < -0.3 is 11.1 Å². The van der Waals surface area contributed by atoms with Gasteiger partial charge in [-0.25, -0.2) is 8.42 Å². The van der Waals surface area contributed by atoms with Gasteiger partial charge in [-0.2, -0.15) is 0 Å². The molecule has 0 aliphatic carbocycles. The third-order valence-electron chi connectivity index (χ3n) is 4.42. The Morgan fingerprint density at radius 1 is 1.03 bits per heavy atom. The Balaban J connectivity index is 2.06. The fourth-order valence-corrected chi connectivity index (χ4v) is 4.54. The van der Waals surface area contributed by atoms with Gasteiger partial charge in [0.05, 0.1) is 24.0 Å². The van der Waals surface area contributed by atoms with Crippen molar-refractivity contribution in [2.24, 2.45) is 5.73 Å². The van der Waals surface area contributed by atoms with Gasteiger partial charge in [0, 0.05) is 18.8 Å². The monoisotopic (exact) mass is 424 g/mol. The van der Waals surface area contributed by atoms with E-state index in [0.29, 0.717) is 16.8 Å². The highest BCUT2D eigenvalue weighted by atomic mass is 32.2. The zero-order valence-electron chi connectivity index (χ0n) is 16.1. The van der Waals surface area contributed by atoms with Crippen molar-refractivity contribution in [3.05, 3.63) is 89.7 Å². The number of hydrogen-bond donors (Lipinski definition) is 2. The largest absolute Gasteiger partial charge is 0.366 e. The van der Waals surface area contributed by atoms with Crippen LogP contribution in [0.25, 0.3) is 0 Å². The van der Waals surface area contributed by atoms with Crippen LogP contribution in [0.2, 0.25) is 0 Å². The van der Waals surface area contributed by atoms with E-state index in [-0.39, 0.29) is 22.9 Å². The Bertz CT molecular complexity index is 1160. The number of nitrogens with one attached hydrogen (secondary N) is 1. The molecular weight excluding hydrogens is 404 g/mol. The molecule has 0 spiro atoms. The number of rotatable bonds is 7. The van der Waals surface area contributed by atoms with Crippen molar-refractivity contribution in [1.82, 2.24) is 10.3 Å². The van der Waals surface area contributed by atoms with Crippen molar-refractivity contribution >= 4 is 27.5 Å². The minimum absolute atomic E-state index is 0.0326. The molecule has 0 unspecified atom stereocenters. The predicted molar refractivity (Wildman–Crippen MR) is 112 cm³/mol. The summed E-state index contributed by atoms with van der Waals surface area (Å²) in [5, 5.41) is 2.53. The van der Waals surface area contributed by atoms with E-state index in [9.17, 15) is 18.0 Å². The molecule has 0 aliphatic rings. The number of carbonyl (C=O) groups is 2. The molecule has 0 atom stereocenters. The summed E-state index contributed by atoms with van der Waals surface area (Å²) in [6.45, 7) is -0.0326. The lowest BCUT2D eigenvalue weighted by atomic mass is 10.1. The average molecular weight is 424 g/mol. The van der Waals surface area contributed by atoms with Crippen LogP contribution in [0.5, 0.6) is 0 Å². The smallest absolute Gasteiger partial charge is 0.265 e. The van der Waals surface area contributed by atoms with E-state index in [0.717, 1.165) is 4.31 Å². The second kappa shape index (κ2) is 8.75. The Labute approximate surface area is 174 Å². The van der Waals surface area contributed by atoms with Gasteiger partial charge in [0.2, 0.25) is 5.91 Å². The molecular formula is C21H20N4O4S. The SMILES string of the molecule is CNC(=O)c1ccc(CN(c2cccnc2)S(=O)(=O)c2ccccc2C(N)=O)cc1. The molecule has 0 saturated carbocycles. The Kier molecular flexibility index (Phi) is 6.12. The number of hydrogen-bond acceptors (Lipinski definition) is 5. The molecule has 0 radical (unpaired) electrons. The summed E-state index contributed by atoms with van der Waals surface area (Å²) in [6, 6.07) is 15.6. The molecule has 9 heteroatoms. The Morgan fingerprint density at radius 3 is 2.33 bits per heavy atom. The van der Waals surface area contributed by atoms with Crippen LogP contribution in [0.15, 0.2) is 78.0 Å². The standard InChI is InChI=1S/C21H20N4O4S/c1-23-21(27)16-10-8-15(9-11-16)14-25(17-5-4-12-24-13-17)30(28,29)19-7-3-2-6-18(19)20(22)26/h2-13H,14H2,1H3,(H2,22,26)(H,23,27). The molecule has 0 saturated heterocycles. The zero-order valence-corrected chi connectivity index (χ0v) is 17.0. The van der Waals surface area contributed by atoms with Crippen LogP contribution in [-0.2, 0) is 16.6 Å². The van der Waals surface area contributed by atoms with Crippen molar-refractivity contribution in [3.8, 4) is 0 Å². The van der Waals surface area contributed by atoms with Crippen LogP contribution in [0.4, 0.5) is 5.69 Å². The second-order valence-corrected chi connectivity index (χ2v) is 8.19. The lowest BCUT2D eigenvalue weighted by molar-refractivity contribution is 0.0961. The van der Waals surface area contributed by atoms with E-state index in [4.69, 9.17) is 5.73 Å². The van der Waals surface area contributed by atoms with Gasteiger partial charge in [0.25, 0.3) is 15.9 Å². The third-order valence-corrected chi connectivity index (χ3v) is 6.26. The highest BCUT2D eigenvalue weighted by molar-refractivity contribution is 7.92. The summed E-state index contributed by atoms with van der Waals surface area (Å²) in [4.78, 5) is 27.4. The van der Waals surface area contributed by atoms with Gasteiger partial charge in [0.15, 0.2) is 0 Å². The molecule has 1 aromatic heterocycles. The number of aromatic nitrogens is 1. The van der Waals surface area contributed by atoms with Crippen molar-refractivity contribution in [2.45, 2.75) is 11.4 Å². The highest BCUT2D eigenvalue weighted by Gasteiger charge is 2.29. The summed E-state index contributed by atoms with van der Waals surface area (Å²) >= 11 is 0. The number of anilines is 1. The van der Waals surface area contributed by atoms with Gasteiger partial charge in [-0.05, 0) is 42.0 Å². The number of nitrogens with zero attached hydrogens (tertiary/aromatic N) is 2. The summed E-state index contributed by atoms with van der Waals surface area (Å²) in [5.74, 6) is -1.08. The maximum atomic E-state index is 13.5. The topological polar surface area (TPSA) is 122 Å². The molecule has 0 aliphatic heterocycles. The van der Waals surface area contributed by atoms with Crippen LogP contribution in [0, 0.1) is 0 Å². The van der Waals surface area contributed by atoms with E-state index in [1.54, 1.807) is 42.5 Å².